The topological polar surface area (TPSA) is 43.9 Å². The van der Waals surface area contributed by atoms with Crippen LogP contribution in [-0.4, -0.2) is 22.6 Å². The summed E-state index contributed by atoms with van der Waals surface area (Å²) in [5.41, 5.74) is 15.2. The summed E-state index contributed by atoms with van der Waals surface area (Å²) in [4.78, 5) is 9.87. The van der Waals surface area contributed by atoms with Crippen LogP contribution in [0.25, 0.3) is 83.6 Å². The zero-order chi connectivity index (χ0) is 47.0. The molecule has 3 aromatic heterocycles. The summed E-state index contributed by atoms with van der Waals surface area (Å²) < 4.78 is 23.9. The van der Waals surface area contributed by atoms with E-state index < -0.39 is 8.07 Å². The van der Waals surface area contributed by atoms with Crippen LogP contribution in [0.15, 0.2) is 162 Å². The molecule has 0 aliphatic heterocycles. The first kappa shape index (κ1) is 48.2. The van der Waals surface area contributed by atoms with E-state index in [0.29, 0.717) is 5.92 Å². The van der Waals surface area contributed by atoms with Gasteiger partial charge in [-0.05, 0) is 105 Å². The molecule has 0 aliphatic carbocycles. The molecule has 0 atom stereocenters. The molecule has 0 fully saturated rings. The first-order chi connectivity index (χ1) is 32.2. The fraction of sp³-hybridized carbons (Fsp3) is 0.213. The Morgan fingerprint density at radius 1 is 0.647 bits per heavy atom. The number of rotatable bonds is 10. The molecule has 7 aromatic carbocycles. The van der Waals surface area contributed by atoms with Crippen LogP contribution in [0.2, 0.25) is 19.6 Å². The molecule has 68 heavy (non-hydrogen) atoms. The first-order valence-corrected chi connectivity index (χ1v) is 27.1. The predicted molar refractivity (Wildman–Crippen MR) is 282 cm³/mol. The minimum atomic E-state index is -1.34. The number of furan rings is 1. The van der Waals surface area contributed by atoms with Gasteiger partial charge in [-0.2, -0.15) is 0 Å². The summed E-state index contributed by atoms with van der Waals surface area (Å²) in [6.45, 7) is 20.2. The monoisotopic (exact) mass is 1090 g/mol. The van der Waals surface area contributed by atoms with E-state index in [-0.39, 0.29) is 37.8 Å². The number of nitrogens with zero attached hydrogens (tertiary/aromatic N) is 3. The molecule has 0 aliphatic rings. The van der Waals surface area contributed by atoms with Crippen molar-refractivity contribution in [1.82, 2.24) is 14.5 Å². The third-order valence-electron chi connectivity index (χ3n) is 12.6. The number of fused-ring (bicyclic) bond motifs is 4. The molecule has 0 unspecified atom stereocenters. The SMILES string of the molecule is CC(C)Cc1cc(-c2[c-]cccc2)ncc1[Si](C)(C)C.CC(C)c1cc(F)cc(C(C)C)c1-n1c(-c2[c-]ccc3c2oc2ccc(-c4ccc(-c5ccccc5)cc4)cc23)nc2ccccc21.[Ir]. The summed E-state index contributed by atoms with van der Waals surface area (Å²) in [5.74, 6) is 1.36. The van der Waals surface area contributed by atoms with Crippen molar-refractivity contribution >= 4 is 46.2 Å². The number of hydrogen-bond acceptors (Lipinski definition) is 3. The maximum atomic E-state index is 15.0. The van der Waals surface area contributed by atoms with Crippen LogP contribution in [0.4, 0.5) is 4.39 Å². The van der Waals surface area contributed by atoms with Gasteiger partial charge in [0.25, 0.3) is 0 Å². The first-order valence-electron chi connectivity index (χ1n) is 23.6. The van der Waals surface area contributed by atoms with Gasteiger partial charge < -0.3 is 14.0 Å². The van der Waals surface area contributed by atoms with E-state index in [2.05, 4.69) is 180 Å². The minimum absolute atomic E-state index is 0. The van der Waals surface area contributed by atoms with Crippen molar-refractivity contribution in [3.05, 3.63) is 192 Å². The third kappa shape index (κ3) is 9.85. The van der Waals surface area contributed by atoms with Crippen molar-refractivity contribution in [2.45, 2.75) is 79.4 Å². The molecule has 0 N–H and O–H groups in total. The van der Waals surface area contributed by atoms with Gasteiger partial charge in [-0.25, -0.2) is 4.39 Å². The van der Waals surface area contributed by atoms with Crippen LogP contribution in [0.5, 0.6) is 0 Å². The Kier molecular flexibility index (Phi) is 14.3. The zero-order valence-corrected chi connectivity index (χ0v) is 43.8. The van der Waals surface area contributed by atoms with Crippen LogP contribution in [0.1, 0.15) is 70.1 Å². The van der Waals surface area contributed by atoms with Gasteiger partial charge in [-0.15, -0.1) is 54.1 Å². The van der Waals surface area contributed by atoms with Gasteiger partial charge in [-0.3, -0.25) is 4.98 Å². The second-order valence-electron chi connectivity index (χ2n) is 19.7. The standard InChI is InChI=1S/C43H34FN2O.C18H24NSi.Ir/c1-26(2)35-24-32(44)25-36(27(3)4)41(35)46-39-16-9-8-15-38(39)45-43(46)34-14-10-13-33-37-23-31(21-22-40(37)47-42(33)34)30-19-17-29(18-20-30)28-11-6-5-7-12-28;1-14(2)11-16-12-17(15-9-7-6-8-10-15)19-13-18(16)20(3,4)5;/h5-13,15-27H,1-4H3;6-9,12-14H,11H2,1-5H3;/q2*-1;. The molecule has 4 nitrogen and oxygen atoms in total. The number of halogens is 1. The van der Waals surface area contributed by atoms with Gasteiger partial charge in [0.2, 0.25) is 0 Å². The predicted octanol–water partition coefficient (Wildman–Crippen LogP) is 16.4. The molecule has 0 spiro atoms. The van der Waals surface area contributed by atoms with Crippen molar-refractivity contribution < 1.29 is 28.9 Å². The van der Waals surface area contributed by atoms with Crippen molar-refractivity contribution in [1.29, 1.82) is 0 Å². The van der Waals surface area contributed by atoms with Crippen molar-refractivity contribution in [3.63, 3.8) is 0 Å². The molecule has 345 valence electrons. The van der Waals surface area contributed by atoms with E-state index >= 15 is 4.39 Å². The maximum absolute atomic E-state index is 15.0. The third-order valence-corrected chi connectivity index (χ3v) is 14.6. The van der Waals surface area contributed by atoms with Crippen molar-refractivity contribution in [2.24, 2.45) is 5.92 Å². The Bertz CT molecular complexity index is 3320. The van der Waals surface area contributed by atoms with Crippen LogP contribution in [0, 0.1) is 23.9 Å². The average molecular weight is 1090 g/mol. The molecule has 0 saturated heterocycles. The smallest absolute Gasteiger partial charge is 0.123 e. The number of para-hydroxylation sites is 2. The Balaban J connectivity index is 0.000000251. The van der Waals surface area contributed by atoms with Crippen molar-refractivity contribution in [2.75, 3.05) is 0 Å². The van der Waals surface area contributed by atoms with E-state index in [0.717, 1.165) is 90.0 Å². The largest absolute Gasteiger partial charge is 0.501 e. The van der Waals surface area contributed by atoms with Gasteiger partial charge in [0.15, 0.2) is 0 Å². The number of benzene rings is 7. The maximum Gasteiger partial charge on any atom is 0.123 e. The Morgan fingerprint density at radius 2 is 1.28 bits per heavy atom. The number of pyridine rings is 1. The Morgan fingerprint density at radius 3 is 1.93 bits per heavy atom. The van der Waals surface area contributed by atoms with Crippen LogP contribution in [-0.2, 0) is 26.5 Å². The Hall–Kier alpha value is -6.24. The zero-order valence-electron chi connectivity index (χ0n) is 40.4. The van der Waals surface area contributed by atoms with Gasteiger partial charge in [-0.1, -0.05) is 157 Å². The molecule has 3 heterocycles. The van der Waals surface area contributed by atoms with Crippen molar-refractivity contribution in [3.8, 4) is 50.6 Å². The fourth-order valence-corrected chi connectivity index (χ4v) is 10.8. The summed E-state index contributed by atoms with van der Waals surface area (Å²) >= 11 is 0. The van der Waals surface area contributed by atoms with E-state index in [9.17, 15) is 0 Å². The molecule has 7 heteroatoms. The van der Waals surface area contributed by atoms with E-state index in [1.165, 1.54) is 21.9 Å². The summed E-state index contributed by atoms with van der Waals surface area (Å²) in [6.07, 6.45) is 3.24. The van der Waals surface area contributed by atoms with Gasteiger partial charge in [0, 0.05) is 37.4 Å². The van der Waals surface area contributed by atoms with Gasteiger partial charge in [0.1, 0.15) is 11.4 Å². The molecule has 0 amide bonds. The van der Waals surface area contributed by atoms with Crippen LogP contribution < -0.4 is 5.19 Å². The van der Waals surface area contributed by atoms with E-state index in [1.54, 1.807) is 12.1 Å². The second-order valence-corrected chi connectivity index (χ2v) is 24.7. The molecule has 0 saturated carbocycles. The molecular weight excluding hydrogens is 1030 g/mol. The van der Waals surface area contributed by atoms with Gasteiger partial charge >= 0.3 is 0 Å². The number of aromatic nitrogens is 3. The number of imidazole rings is 1. The van der Waals surface area contributed by atoms with E-state index in [4.69, 9.17) is 9.40 Å². The second kappa shape index (κ2) is 20.2. The summed E-state index contributed by atoms with van der Waals surface area (Å²) in [5, 5.41) is 3.53. The number of hydrogen-bond donors (Lipinski definition) is 0. The minimum Gasteiger partial charge on any atom is -0.501 e. The normalized spacial score (nSPS) is 11.7. The molecule has 10 aromatic rings. The average Bonchev–Trinajstić information content (AvgIpc) is 3.90. The summed E-state index contributed by atoms with van der Waals surface area (Å²) in [6, 6.07) is 58.1. The van der Waals surface area contributed by atoms with Crippen LogP contribution in [0.3, 0.4) is 0 Å². The van der Waals surface area contributed by atoms with E-state index in [1.807, 2.05) is 48.5 Å². The fourth-order valence-electron chi connectivity index (χ4n) is 9.25. The molecule has 1 radical (unpaired) electrons. The van der Waals surface area contributed by atoms with Gasteiger partial charge in [0.05, 0.1) is 30.5 Å². The molecular formula is C61H58FIrN3OSi-2. The quantitative estimate of drug-likeness (QED) is 0.101. The molecule has 10 rings (SSSR count). The summed E-state index contributed by atoms with van der Waals surface area (Å²) in [7, 11) is -1.34. The molecule has 0 bridgehead atoms. The Labute approximate surface area is 415 Å². The van der Waals surface area contributed by atoms with Crippen LogP contribution >= 0.6 is 0 Å².